The molecule has 3 aliphatic rings. The van der Waals surface area contributed by atoms with Crippen LogP contribution in [-0.4, -0.2) is 78.1 Å². The number of pyridine rings is 1. The number of fused-ring (bicyclic) bond motifs is 1. The van der Waals surface area contributed by atoms with Crippen LogP contribution in [0, 0.1) is 0 Å². The van der Waals surface area contributed by atoms with Crippen molar-refractivity contribution in [2.45, 2.75) is 18.4 Å². The van der Waals surface area contributed by atoms with Crippen LogP contribution in [-0.2, 0) is 14.3 Å². The van der Waals surface area contributed by atoms with Crippen molar-refractivity contribution in [2.24, 2.45) is 0 Å². The van der Waals surface area contributed by atoms with Gasteiger partial charge in [0.25, 0.3) is 5.91 Å². The van der Waals surface area contributed by atoms with Gasteiger partial charge in [0, 0.05) is 19.8 Å². The Morgan fingerprint density at radius 3 is 2.96 bits per heavy atom. The van der Waals surface area contributed by atoms with Gasteiger partial charge in [0.1, 0.15) is 12.1 Å². The highest BCUT2D eigenvalue weighted by atomic mass is 16.6. The quantitative estimate of drug-likeness (QED) is 0.751. The molecule has 1 atom stereocenters. The molecular weight excluding hydrogens is 340 g/mol. The number of nitrogens with zero attached hydrogens (tertiary/aromatic N) is 4. The van der Waals surface area contributed by atoms with E-state index in [1.165, 1.54) is 9.80 Å². The van der Waals surface area contributed by atoms with Crippen molar-refractivity contribution >= 4 is 23.7 Å². The molecule has 1 spiro atoms. The molecule has 0 aromatic carbocycles. The Hall–Kier alpha value is -2.84. The van der Waals surface area contributed by atoms with Crippen molar-refractivity contribution in [1.82, 2.24) is 14.8 Å². The predicted molar refractivity (Wildman–Crippen MR) is 89.7 cm³/mol. The fraction of sp³-hybridized carbons (Fsp3) is 0.529. The van der Waals surface area contributed by atoms with E-state index in [0.29, 0.717) is 31.2 Å². The maximum absolute atomic E-state index is 12.8. The Balaban J connectivity index is 1.48. The van der Waals surface area contributed by atoms with Gasteiger partial charge in [-0.05, 0) is 25.0 Å². The highest BCUT2D eigenvalue weighted by molar-refractivity contribution is 6.01. The van der Waals surface area contributed by atoms with Gasteiger partial charge in [0.15, 0.2) is 18.2 Å². The van der Waals surface area contributed by atoms with E-state index in [1.54, 1.807) is 30.3 Å². The number of amides is 3. The molecule has 1 aromatic heterocycles. The second-order valence-corrected chi connectivity index (χ2v) is 6.92. The number of rotatable bonds is 2. The molecule has 9 heteroatoms. The van der Waals surface area contributed by atoms with E-state index in [1.807, 2.05) is 0 Å². The van der Waals surface area contributed by atoms with Crippen LogP contribution in [0.5, 0.6) is 5.75 Å². The van der Waals surface area contributed by atoms with Gasteiger partial charge < -0.3 is 19.3 Å². The summed E-state index contributed by atoms with van der Waals surface area (Å²) in [6, 6.07) is 3.43. The molecule has 4 rings (SSSR count). The van der Waals surface area contributed by atoms with Gasteiger partial charge in [0.05, 0.1) is 13.1 Å². The van der Waals surface area contributed by atoms with Crippen molar-refractivity contribution in [1.29, 1.82) is 0 Å². The highest BCUT2D eigenvalue weighted by Gasteiger charge is 2.47. The van der Waals surface area contributed by atoms with Gasteiger partial charge in [-0.1, -0.05) is 0 Å². The lowest BCUT2D eigenvalue weighted by atomic mass is 9.92. The van der Waals surface area contributed by atoms with E-state index in [2.05, 4.69) is 4.98 Å². The van der Waals surface area contributed by atoms with E-state index in [-0.39, 0.29) is 31.1 Å². The monoisotopic (exact) mass is 360 g/mol. The van der Waals surface area contributed by atoms with E-state index < -0.39 is 5.60 Å². The second kappa shape index (κ2) is 6.15. The first-order valence-corrected chi connectivity index (χ1v) is 8.57. The zero-order valence-corrected chi connectivity index (χ0v) is 14.5. The highest BCUT2D eigenvalue weighted by Crippen LogP contribution is 2.32. The molecule has 0 radical (unpaired) electrons. The van der Waals surface area contributed by atoms with Crippen LogP contribution in [0.25, 0.3) is 0 Å². The number of carbonyl (C=O) groups excluding carboxylic acids is 3. The number of aromatic nitrogens is 1. The number of piperidine rings is 1. The molecular formula is C17H20N4O5. The fourth-order valence-corrected chi connectivity index (χ4v) is 3.75. The van der Waals surface area contributed by atoms with E-state index in [0.717, 1.165) is 12.8 Å². The largest absolute Gasteiger partial charge is 0.480 e. The lowest BCUT2D eigenvalue weighted by Crippen LogP contribution is -2.55. The first-order valence-electron chi connectivity index (χ1n) is 8.57. The third kappa shape index (κ3) is 2.83. The summed E-state index contributed by atoms with van der Waals surface area (Å²) < 4.78 is 10.9. The van der Waals surface area contributed by atoms with Crippen molar-refractivity contribution in [3.63, 3.8) is 0 Å². The minimum Gasteiger partial charge on any atom is -0.480 e. The van der Waals surface area contributed by atoms with Gasteiger partial charge in [-0.15, -0.1) is 0 Å². The zero-order valence-electron chi connectivity index (χ0n) is 14.5. The van der Waals surface area contributed by atoms with Crippen LogP contribution >= 0.6 is 0 Å². The number of likely N-dealkylation sites (tertiary alicyclic amines) is 1. The number of hydrogen-bond acceptors (Lipinski definition) is 6. The number of carbonyl (C=O) groups is 3. The molecule has 138 valence electrons. The molecule has 0 aliphatic carbocycles. The normalized spacial score (nSPS) is 25.2. The lowest BCUT2D eigenvalue weighted by molar-refractivity contribution is -0.136. The van der Waals surface area contributed by atoms with Crippen molar-refractivity contribution in [3.05, 3.63) is 18.3 Å². The van der Waals surface area contributed by atoms with Crippen LogP contribution in [0.15, 0.2) is 18.3 Å². The summed E-state index contributed by atoms with van der Waals surface area (Å²) in [4.78, 5) is 45.5. The Morgan fingerprint density at radius 2 is 2.19 bits per heavy atom. The standard InChI is InChI=1S/C17H20N4O5/c1-19-10-17(26-16(19)24)5-3-7-20(11-17)13(22)8-21-14(23)9-25-12-4-2-6-18-15(12)21/h2,4,6H,3,5,7-11H2,1H3/t17-/m1/s1. The summed E-state index contributed by atoms with van der Waals surface area (Å²) in [5.74, 6) is 0.349. The van der Waals surface area contributed by atoms with Crippen LogP contribution in [0.4, 0.5) is 10.6 Å². The molecule has 3 aliphatic heterocycles. The number of ether oxygens (including phenoxy) is 2. The Kier molecular flexibility index (Phi) is 3.93. The zero-order chi connectivity index (χ0) is 18.3. The molecule has 0 unspecified atom stereocenters. The van der Waals surface area contributed by atoms with Gasteiger partial charge in [-0.25, -0.2) is 9.78 Å². The topological polar surface area (TPSA) is 92.3 Å². The SMILES string of the molecule is CN1C[C@@]2(CCCN(C(=O)CN3C(=O)COc4cccnc43)C2)OC1=O. The van der Waals surface area contributed by atoms with Gasteiger partial charge in [0.2, 0.25) is 5.91 Å². The molecule has 2 saturated heterocycles. The van der Waals surface area contributed by atoms with Gasteiger partial charge in [-0.3, -0.25) is 14.5 Å². The lowest BCUT2D eigenvalue weighted by Gasteiger charge is -2.39. The average molecular weight is 360 g/mol. The van der Waals surface area contributed by atoms with Crippen LogP contribution < -0.4 is 9.64 Å². The molecule has 0 N–H and O–H groups in total. The molecule has 9 nitrogen and oxygen atoms in total. The molecule has 26 heavy (non-hydrogen) atoms. The molecule has 1 aromatic rings. The summed E-state index contributed by atoms with van der Waals surface area (Å²) in [6.45, 7) is 1.17. The van der Waals surface area contributed by atoms with E-state index in [4.69, 9.17) is 9.47 Å². The average Bonchev–Trinajstić information content (AvgIpc) is 2.90. The number of anilines is 1. The smallest absolute Gasteiger partial charge is 0.410 e. The minimum atomic E-state index is -0.648. The first kappa shape index (κ1) is 16.6. The van der Waals surface area contributed by atoms with Crippen LogP contribution in [0.3, 0.4) is 0 Å². The third-order valence-electron chi connectivity index (χ3n) is 4.99. The van der Waals surface area contributed by atoms with Crippen molar-refractivity contribution in [3.8, 4) is 5.75 Å². The predicted octanol–water partition coefficient (Wildman–Crippen LogP) is 0.250. The molecule has 4 heterocycles. The van der Waals surface area contributed by atoms with Crippen LogP contribution in [0.1, 0.15) is 12.8 Å². The van der Waals surface area contributed by atoms with Crippen LogP contribution in [0.2, 0.25) is 0 Å². The number of likely N-dealkylation sites (N-methyl/N-ethyl adjacent to an activating group) is 1. The summed E-state index contributed by atoms with van der Waals surface area (Å²) >= 11 is 0. The third-order valence-corrected chi connectivity index (χ3v) is 4.99. The summed E-state index contributed by atoms with van der Waals surface area (Å²) in [7, 11) is 1.69. The summed E-state index contributed by atoms with van der Waals surface area (Å²) in [5, 5.41) is 0. The summed E-state index contributed by atoms with van der Waals surface area (Å²) in [5.41, 5.74) is -0.648. The minimum absolute atomic E-state index is 0.105. The molecule has 0 bridgehead atoms. The Bertz CT molecular complexity index is 769. The van der Waals surface area contributed by atoms with Crippen molar-refractivity contribution < 1.29 is 23.9 Å². The van der Waals surface area contributed by atoms with Gasteiger partial charge in [-0.2, -0.15) is 0 Å². The van der Waals surface area contributed by atoms with E-state index >= 15 is 0 Å². The fourth-order valence-electron chi connectivity index (χ4n) is 3.75. The number of hydrogen-bond donors (Lipinski definition) is 0. The molecule has 3 amide bonds. The second-order valence-electron chi connectivity index (χ2n) is 6.92. The Morgan fingerprint density at radius 1 is 1.35 bits per heavy atom. The maximum Gasteiger partial charge on any atom is 0.410 e. The van der Waals surface area contributed by atoms with Crippen molar-refractivity contribution in [2.75, 3.05) is 44.7 Å². The summed E-state index contributed by atoms with van der Waals surface area (Å²) in [6.07, 6.45) is 2.68. The molecule has 0 saturated carbocycles. The van der Waals surface area contributed by atoms with Gasteiger partial charge >= 0.3 is 6.09 Å². The Labute approximate surface area is 150 Å². The first-order chi connectivity index (χ1) is 12.5. The van der Waals surface area contributed by atoms with E-state index in [9.17, 15) is 14.4 Å². The maximum atomic E-state index is 12.8. The molecule has 2 fully saturated rings.